The monoisotopic (exact) mass is 400 g/mol. The molecule has 1 saturated heterocycles. The molecule has 1 aliphatic rings. The number of nitrogens with one attached hydrogen (secondary N) is 1. The standard InChI is InChI=1S/C19H16N2O4S2/c1-11-6-8-12(9-7-11)17(23)20-21-18(24)15(27-19(21)26)10-13-4-3-5-14(25-2)16(13)22/h3-10,22H,1-2H3,(H,20,23)/b15-10-. The van der Waals surface area contributed by atoms with Crippen LogP contribution in [0.1, 0.15) is 21.5 Å². The van der Waals surface area contributed by atoms with Crippen molar-refractivity contribution >= 4 is 46.2 Å². The molecule has 0 aromatic heterocycles. The fourth-order valence-corrected chi connectivity index (χ4v) is 3.57. The topological polar surface area (TPSA) is 78.9 Å². The Bertz CT molecular complexity index is 955. The fraction of sp³-hybridized carbons (Fsp3) is 0.105. The summed E-state index contributed by atoms with van der Waals surface area (Å²) in [5.41, 5.74) is 4.38. The van der Waals surface area contributed by atoms with E-state index in [0.717, 1.165) is 22.3 Å². The number of thioether (sulfide) groups is 1. The molecule has 1 aliphatic heterocycles. The van der Waals surface area contributed by atoms with E-state index in [2.05, 4.69) is 5.43 Å². The number of carbonyl (C=O) groups is 2. The van der Waals surface area contributed by atoms with Gasteiger partial charge in [0, 0.05) is 11.1 Å². The number of hydrazine groups is 1. The highest BCUT2D eigenvalue weighted by molar-refractivity contribution is 8.26. The number of hydrogen-bond donors (Lipinski definition) is 2. The molecule has 0 radical (unpaired) electrons. The molecule has 0 bridgehead atoms. The van der Waals surface area contributed by atoms with E-state index in [1.54, 1.807) is 30.3 Å². The highest BCUT2D eigenvalue weighted by Crippen LogP contribution is 2.36. The van der Waals surface area contributed by atoms with Gasteiger partial charge in [-0.25, -0.2) is 0 Å². The van der Waals surface area contributed by atoms with Gasteiger partial charge in [0.2, 0.25) is 0 Å². The van der Waals surface area contributed by atoms with Gasteiger partial charge < -0.3 is 9.84 Å². The molecule has 2 aromatic carbocycles. The number of amides is 2. The second-order valence-corrected chi connectivity index (χ2v) is 7.40. The molecule has 3 rings (SSSR count). The van der Waals surface area contributed by atoms with Crippen LogP contribution in [0, 0.1) is 6.92 Å². The summed E-state index contributed by atoms with van der Waals surface area (Å²) >= 11 is 6.25. The van der Waals surface area contributed by atoms with E-state index in [9.17, 15) is 14.7 Å². The molecule has 2 N–H and O–H groups in total. The van der Waals surface area contributed by atoms with E-state index >= 15 is 0 Å². The van der Waals surface area contributed by atoms with Gasteiger partial charge in [-0.2, -0.15) is 5.01 Å². The second kappa shape index (κ2) is 7.81. The van der Waals surface area contributed by atoms with Crippen LogP contribution < -0.4 is 10.2 Å². The number of aromatic hydroxyl groups is 1. The van der Waals surface area contributed by atoms with Crippen molar-refractivity contribution < 1.29 is 19.4 Å². The molecule has 2 aromatic rings. The number of carbonyl (C=O) groups excluding carboxylic acids is 2. The van der Waals surface area contributed by atoms with Crippen LogP contribution in [0.15, 0.2) is 47.4 Å². The number of phenols is 1. The van der Waals surface area contributed by atoms with Crippen LogP contribution in [0.2, 0.25) is 0 Å². The zero-order valence-corrected chi connectivity index (χ0v) is 16.2. The summed E-state index contributed by atoms with van der Waals surface area (Å²) in [6, 6.07) is 11.9. The smallest absolute Gasteiger partial charge is 0.285 e. The number of phenolic OH excluding ortho intramolecular Hbond substituents is 1. The number of aryl methyl sites for hydroxylation is 1. The van der Waals surface area contributed by atoms with Crippen LogP contribution in [-0.4, -0.2) is 33.4 Å². The summed E-state index contributed by atoms with van der Waals surface area (Å²) in [6.45, 7) is 1.92. The first kappa shape index (κ1) is 18.9. The number of methoxy groups -OCH3 is 1. The van der Waals surface area contributed by atoms with Crippen molar-refractivity contribution in [1.29, 1.82) is 0 Å². The lowest BCUT2D eigenvalue weighted by Crippen LogP contribution is -2.44. The van der Waals surface area contributed by atoms with Crippen LogP contribution in [0.4, 0.5) is 0 Å². The molecule has 138 valence electrons. The molecule has 0 unspecified atom stereocenters. The lowest BCUT2D eigenvalue weighted by atomic mass is 10.1. The first-order valence-corrected chi connectivity index (χ1v) is 9.14. The van der Waals surface area contributed by atoms with Gasteiger partial charge >= 0.3 is 0 Å². The van der Waals surface area contributed by atoms with Gasteiger partial charge in [0.05, 0.1) is 12.0 Å². The predicted octanol–water partition coefficient (Wildman–Crippen LogP) is 3.26. The molecule has 8 heteroatoms. The maximum absolute atomic E-state index is 12.6. The van der Waals surface area contributed by atoms with Crippen molar-refractivity contribution in [1.82, 2.24) is 10.4 Å². The van der Waals surface area contributed by atoms with E-state index in [1.165, 1.54) is 13.2 Å². The molecule has 6 nitrogen and oxygen atoms in total. The number of para-hydroxylation sites is 1. The molecule has 0 spiro atoms. The number of rotatable bonds is 4. The maximum Gasteiger partial charge on any atom is 0.285 e. The Kier molecular flexibility index (Phi) is 5.48. The average molecular weight is 400 g/mol. The van der Waals surface area contributed by atoms with Crippen molar-refractivity contribution in [2.45, 2.75) is 6.92 Å². The van der Waals surface area contributed by atoms with Crippen molar-refractivity contribution in [2.24, 2.45) is 0 Å². The average Bonchev–Trinajstić information content (AvgIpc) is 2.91. The quantitative estimate of drug-likeness (QED) is 0.606. The minimum Gasteiger partial charge on any atom is -0.504 e. The van der Waals surface area contributed by atoms with Crippen molar-refractivity contribution in [3.05, 3.63) is 64.1 Å². The highest BCUT2D eigenvalue weighted by Gasteiger charge is 2.34. The van der Waals surface area contributed by atoms with Gasteiger partial charge in [-0.05, 0) is 43.4 Å². The van der Waals surface area contributed by atoms with E-state index in [0.29, 0.717) is 16.9 Å². The third-order valence-electron chi connectivity index (χ3n) is 3.86. The Hall–Kier alpha value is -2.84. The lowest BCUT2D eigenvalue weighted by molar-refractivity contribution is -0.123. The lowest BCUT2D eigenvalue weighted by Gasteiger charge is -2.15. The Morgan fingerprint density at radius 3 is 2.63 bits per heavy atom. The molecular formula is C19H16N2O4S2. The second-order valence-electron chi connectivity index (χ2n) is 5.72. The Morgan fingerprint density at radius 2 is 1.96 bits per heavy atom. The molecular weight excluding hydrogens is 384 g/mol. The third kappa shape index (κ3) is 3.96. The van der Waals surface area contributed by atoms with Gasteiger partial charge in [0.25, 0.3) is 11.8 Å². The minimum atomic E-state index is -0.465. The largest absolute Gasteiger partial charge is 0.504 e. The van der Waals surface area contributed by atoms with Gasteiger partial charge in [0.1, 0.15) is 0 Å². The van der Waals surface area contributed by atoms with Gasteiger partial charge in [-0.1, -0.05) is 41.6 Å². The summed E-state index contributed by atoms with van der Waals surface area (Å²) in [6.07, 6.45) is 1.51. The minimum absolute atomic E-state index is 0.0750. The Labute approximate surface area is 165 Å². The van der Waals surface area contributed by atoms with Crippen molar-refractivity contribution in [2.75, 3.05) is 7.11 Å². The fourth-order valence-electron chi connectivity index (χ4n) is 2.40. The van der Waals surface area contributed by atoms with Crippen LogP contribution in [0.5, 0.6) is 11.5 Å². The Morgan fingerprint density at radius 1 is 1.26 bits per heavy atom. The molecule has 1 heterocycles. The zero-order chi connectivity index (χ0) is 19.6. The SMILES string of the molecule is COc1cccc(/C=C2\SC(=S)N(NC(=O)c3ccc(C)cc3)C2=O)c1O. The molecule has 0 saturated carbocycles. The van der Waals surface area contributed by atoms with Crippen LogP contribution in [-0.2, 0) is 4.79 Å². The molecule has 0 aliphatic carbocycles. The van der Waals surface area contributed by atoms with Gasteiger partial charge in [-0.3, -0.25) is 15.0 Å². The summed E-state index contributed by atoms with van der Waals surface area (Å²) in [5, 5.41) is 11.2. The summed E-state index contributed by atoms with van der Waals surface area (Å²) in [4.78, 5) is 25.3. The maximum atomic E-state index is 12.6. The first-order valence-electron chi connectivity index (χ1n) is 7.92. The number of hydrogen-bond acceptors (Lipinski definition) is 6. The Balaban J connectivity index is 1.81. The van der Waals surface area contributed by atoms with Crippen LogP contribution in [0.3, 0.4) is 0 Å². The normalized spacial score (nSPS) is 15.3. The van der Waals surface area contributed by atoms with E-state index in [-0.39, 0.29) is 15.0 Å². The zero-order valence-electron chi connectivity index (χ0n) is 14.6. The van der Waals surface area contributed by atoms with Crippen LogP contribution in [0.25, 0.3) is 6.08 Å². The van der Waals surface area contributed by atoms with Crippen molar-refractivity contribution in [3.63, 3.8) is 0 Å². The molecule has 0 atom stereocenters. The van der Waals surface area contributed by atoms with Gasteiger partial charge in [0.15, 0.2) is 15.8 Å². The molecule has 2 amide bonds. The number of ether oxygens (including phenoxy) is 1. The van der Waals surface area contributed by atoms with E-state index in [4.69, 9.17) is 17.0 Å². The number of nitrogens with zero attached hydrogens (tertiary/aromatic N) is 1. The van der Waals surface area contributed by atoms with Crippen molar-refractivity contribution in [3.8, 4) is 11.5 Å². The summed E-state index contributed by atoms with van der Waals surface area (Å²) < 4.78 is 5.27. The third-order valence-corrected chi connectivity index (χ3v) is 5.16. The first-order chi connectivity index (χ1) is 12.9. The summed E-state index contributed by atoms with van der Waals surface area (Å²) in [5.74, 6) is -0.676. The summed E-state index contributed by atoms with van der Waals surface area (Å²) in [7, 11) is 1.44. The van der Waals surface area contributed by atoms with Gasteiger partial charge in [-0.15, -0.1) is 0 Å². The number of thiocarbonyl (C=S) groups is 1. The van der Waals surface area contributed by atoms with Crippen LogP contribution >= 0.6 is 24.0 Å². The molecule has 1 fully saturated rings. The predicted molar refractivity (Wildman–Crippen MR) is 108 cm³/mol. The number of benzene rings is 2. The van der Waals surface area contributed by atoms with E-state index < -0.39 is 11.8 Å². The van der Waals surface area contributed by atoms with E-state index in [1.807, 2.05) is 19.1 Å². The molecule has 27 heavy (non-hydrogen) atoms. The highest BCUT2D eigenvalue weighted by atomic mass is 32.2.